The number of nitrogens with one attached hydrogen (secondary N) is 1. The predicted molar refractivity (Wildman–Crippen MR) is 110 cm³/mol. The van der Waals surface area contributed by atoms with Crippen LogP contribution in [-0.4, -0.2) is 50.2 Å². The lowest BCUT2D eigenvalue weighted by molar-refractivity contribution is -0.137. The first-order chi connectivity index (χ1) is 14.6. The minimum Gasteiger partial charge on any atom is -0.378 e. The van der Waals surface area contributed by atoms with Gasteiger partial charge in [-0.3, -0.25) is 9.69 Å². The minimum absolute atomic E-state index is 0.104. The maximum atomic E-state index is 13.4. The van der Waals surface area contributed by atoms with Crippen molar-refractivity contribution in [2.45, 2.75) is 25.7 Å². The van der Waals surface area contributed by atoms with Crippen molar-refractivity contribution >= 4 is 17.3 Å². The van der Waals surface area contributed by atoms with Gasteiger partial charge in [-0.1, -0.05) is 12.1 Å². The van der Waals surface area contributed by atoms with Gasteiger partial charge in [0, 0.05) is 19.6 Å². The number of anilines is 2. The van der Waals surface area contributed by atoms with Gasteiger partial charge in [0.1, 0.15) is 5.82 Å². The molecule has 0 aliphatic carbocycles. The molecule has 1 aliphatic rings. The molecule has 5 nitrogen and oxygen atoms in total. The second-order valence-corrected chi connectivity index (χ2v) is 7.54. The maximum absolute atomic E-state index is 13.4. The van der Waals surface area contributed by atoms with E-state index in [0.717, 1.165) is 12.1 Å². The molecule has 1 N–H and O–H groups in total. The number of likely N-dealkylation sites (N-methyl/N-ethyl adjacent to an activating group) is 1. The van der Waals surface area contributed by atoms with Gasteiger partial charge in [0.15, 0.2) is 0 Å². The lowest BCUT2D eigenvalue weighted by Gasteiger charge is -2.31. The highest BCUT2D eigenvalue weighted by Gasteiger charge is 2.32. The van der Waals surface area contributed by atoms with Gasteiger partial charge >= 0.3 is 6.18 Å². The zero-order valence-electron chi connectivity index (χ0n) is 17.4. The zero-order valence-corrected chi connectivity index (χ0v) is 17.4. The third-order valence-corrected chi connectivity index (χ3v) is 5.30. The molecule has 9 heteroatoms. The lowest BCUT2D eigenvalue weighted by Crippen LogP contribution is -2.40. The van der Waals surface area contributed by atoms with Crippen LogP contribution in [0.3, 0.4) is 0 Å². The highest BCUT2D eigenvalue weighted by molar-refractivity contribution is 5.97. The molecule has 1 amide bonds. The van der Waals surface area contributed by atoms with E-state index in [1.165, 1.54) is 18.2 Å². The van der Waals surface area contributed by atoms with Crippen molar-refractivity contribution in [3.63, 3.8) is 0 Å². The Labute approximate surface area is 178 Å². The number of rotatable bonds is 6. The first-order valence-electron chi connectivity index (χ1n) is 9.94. The van der Waals surface area contributed by atoms with Gasteiger partial charge < -0.3 is 15.0 Å². The molecule has 2 aromatic rings. The molecular formula is C22H25F4N3O2. The summed E-state index contributed by atoms with van der Waals surface area (Å²) in [6, 6.07) is 8.74. The summed E-state index contributed by atoms with van der Waals surface area (Å²) in [7, 11) is 1.70. The highest BCUT2D eigenvalue weighted by Crippen LogP contribution is 2.36. The minimum atomic E-state index is -4.52. The molecule has 1 heterocycles. The molecule has 1 fully saturated rings. The van der Waals surface area contributed by atoms with Crippen LogP contribution < -0.4 is 10.2 Å². The molecule has 0 aromatic heterocycles. The second-order valence-electron chi connectivity index (χ2n) is 7.54. The van der Waals surface area contributed by atoms with Crippen molar-refractivity contribution in [2.24, 2.45) is 0 Å². The Kier molecular flexibility index (Phi) is 7.17. The summed E-state index contributed by atoms with van der Waals surface area (Å²) in [6.45, 7) is 3.91. The van der Waals surface area contributed by atoms with Gasteiger partial charge in [0.25, 0.3) is 0 Å². The van der Waals surface area contributed by atoms with Crippen LogP contribution in [0.4, 0.5) is 28.9 Å². The summed E-state index contributed by atoms with van der Waals surface area (Å²) in [5, 5.41) is 2.66. The molecule has 0 spiro atoms. The molecule has 31 heavy (non-hydrogen) atoms. The topological polar surface area (TPSA) is 44.8 Å². The van der Waals surface area contributed by atoms with E-state index in [-0.39, 0.29) is 11.5 Å². The van der Waals surface area contributed by atoms with Gasteiger partial charge in [0.2, 0.25) is 5.91 Å². The number of carbonyl (C=O) groups is 1. The van der Waals surface area contributed by atoms with Crippen LogP contribution in [0.5, 0.6) is 0 Å². The Balaban J connectivity index is 1.79. The first kappa shape index (κ1) is 23.0. The van der Waals surface area contributed by atoms with Gasteiger partial charge in [-0.25, -0.2) is 4.39 Å². The number of benzene rings is 2. The summed E-state index contributed by atoms with van der Waals surface area (Å²) < 4.78 is 58.5. The smallest absolute Gasteiger partial charge is 0.378 e. The van der Waals surface area contributed by atoms with E-state index < -0.39 is 23.7 Å². The van der Waals surface area contributed by atoms with Crippen LogP contribution in [0.25, 0.3) is 0 Å². The number of morpholine rings is 1. The van der Waals surface area contributed by atoms with E-state index in [4.69, 9.17) is 4.74 Å². The fourth-order valence-electron chi connectivity index (χ4n) is 3.39. The van der Waals surface area contributed by atoms with Crippen molar-refractivity contribution in [3.05, 3.63) is 59.4 Å². The summed E-state index contributed by atoms with van der Waals surface area (Å²) in [6.07, 6.45) is -4.52. The number of nitrogens with zero attached hydrogens (tertiary/aromatic N) is 2. The van der Waals surface area contributed by atoms with Crippen LogP contribution in [-0.2, 0) is 22.3 Å². The Morgan fingerprint density at radius 3 is 2.55 bits per heavy atom. The highest BCUT2D eigenvalue weighted by atomic mass is 19.4. The Morgan fingerprint density at radius 2 is 1.90 bits per heavy atom. The first-order valence-corrected chi connectivity index (χ1v) is 9.94. The van der Waals surface area contributed by atoms with Crippen molar-refractivity contribution in [1.82, 2.24) is 4.90 Å². The average molecular weight is 439 g/mol. The van der Waals surface area contributed by atoms with Crippen molar-refractivity contribution in [1.29, 1.82) is 0 Å². The zero-order chi connectivity index (χ0) is 22.6. The van der Waals surface area contributed by atoms with Gasteiger partial charge in [-0.2, -0.15) is 13.2 Å². The third-order valence-electron chi connectivity index (χ3n) is 5.30. The lowest BCUT2D eigenvalue weighted by atomic mass is 10.1. The summed E-state index contributed by atoms with van der Waals surface area (Å²) >= 11 is 0. The molecule has 168 valence electrons. The van der Waals surface area contributed by atoms with Crippen molar-refractivity contribution in [3.8, 4) is 0 Å². The molecule has 1 atom stereocenters. The molecule has 1 aliphatic heterocycles. The van der Waals surface area contributed by atoms with Gasteiger partial charge in [-0.05, 0) is 49.9 Å². The maximum Gasteiger partial charge on any atom is 0.416 e. The number of carbonyl (C=O) groups excluding carboxylic acids is 1. The standard InChI is InChI=1S/C22H25F4N3O2/c1-15(28(2)14-16-4-3-5-18(23)12-16)21(30)27-19-13-17(22(24,25)26)6-7-20(19)29-8-10-31-11-9-29/h3-7,12-13,15H,8-11,14H2,1-2H3,(H,27,30). The largest absolute Gasteiger partial charge is 0.416 e. The van der Waals surface area contributed by atoms with E-state index in [2.05, 4.69) is 5.32 Å². The second kappa shape index (κ2) is 9.65. The summed E-state index contributed by atoms with van der Waals surface area (Å²) in [4.78, 5) is 16.4. The number of halogens is 4. The molecule has 2 aromatic carbocycles. The Bertz CT molecular complexity index is 914. The Morgan fingerprint density at radius 1 is 1.19 bits per heavy atom. The number of alkyl halides is 3. The van der Waals surface area contributed by atoms with Gasteiger partial charge in [-0.15, -0.1) is 0 Å². The fourth-order valence-corrected chi connectivity index (χ4v) is 3.39. The molecule has 3 rings (SSSR count). The van der Waals surface area contributed by atoms with E-state index in [9.17, 15) is 22.4 Å². The normalized spacial score (nSPS) is 15.8. The van der Waals surface area contributed by atoms with Crippen molar-refractivity contribution in [2.75, 3.05) is 43.6 Å². The van der Waals surface area contributed by atoms with Crippen LogP contribution in [0.15, 0.2) is 42.5 Å². The fraction of sp³-hybridized carbons (Fsp3) is 0.409. The molecular weight excluding hydrogens is 414 g/mol. The van der Waals surface area contributed by atoms with E-state index in [1.54, 1.807) is 31.0 Å². The summed E-state index contributed by atoms with van der Waals surface area (Å²) in [5.74, 6) is -0.824. The summed E-state index contributed by atoms with van der Waals surface area (Å²) in [5.41, 5.74) is 0.480. The predicted octanol–water partition coefficient (Wildman–Crippen LogP) is 4.14. The molecule has 0 radical (unpaired) electrons. The molecule has 1 saturated heterocycles. The van der Waals surface area contributed by atoms with Crippen LogP contribution in [0.2, 0.25) is 0 Å². The number of hydrogen-bond donors (Lipinski definition) is 1. The van der Waals surface area contributed by atoms with Crippen molar-refractivity contribution < 1.29 is 27.1 Å². The number of hydrogen-bond acceptors (Lipinski definition) is 4. The number of ether oxygens (including phenoxy) is 1. The monoisotopic (exact) mass is 439 g/mol. The van der Waals surface area contributed by atoms with Gasteiger partial charge in [0.05, 0.1) is 36.2 Å². The quantitative estimate of drug-likeness (QED) is 0.688. The van der Waals surface area contributed by atoms with E-state index in [0.29, 0.717) is 44.1 Å². The van der Waals surface area contributed by atoms with Crippen LogP contribution in [0, 0.1) is 5.82 Å². The molecule has 0 bridgehead atoms. The third kappa shape index (κ3) is 5.95. The molecule has 0 saturated carbocycles. The SMILES string of the molecule is CC(C(=O)Nc1cc(C(F)(F)F)ccc1N1CCOCC1)N(C)Cc1cccc(F)c1. The molecule has 1 unspecified atom stereocenters. The Hall–Kier alpha value is -2.65. The number of amides is 1. The van der Waals surface area contributed by atoms with E-state index >= 15 is 0 Å². The van der Waals surface area contributed by atoms with Crippen LogP contribution >= 0.6 is 0 Å². The van der Waals surface area contributed by atoms with E-state index in [1.807, 2.05) is 4.90 Å². The van der Waals surface area contributed by atoms with Crippen LogP contribution in [0.1, 0.15) is 18.1 Å². The average Bonchev–Trinajstić information content (AvgIpc) is 2.73.